The third-order valence-electron chi connectivity index (χ3n) is 6.02. The molecule has 2 aliphatic rings. The smallest absolute Gasteiger partial charge is 0.374 e. The van der Waals surface area contributed by atoms with Crippen molar-refractivity contribution in [3.63, 3.8) is 0 Å². The topological polar surface area (TPSA) is 123 Å². The van der Waals surface area contributed by atoms with Crippen LogP contribution in [-0.2, 0) is 17.5 Å². The molecule has 2 saturated heterocycles. The number of carbonyl (C=O) groups is 1. The van der Waals surface area contributed by atoms with Crippen molar-refractivity contribution in [2.75, 3.05) is 18.1 Å². The molecule has 11 nitrogen and oxygen atoms in total. The molecule has 0 aromatic carbocycles. The van der Waals surface area contributed by atoms with E-state index in [0.29, 0.717) is 35.2 Å². The molecule has 4 aromatic rings. The number of nitrogens with zero attached hydrogens (tertiary/aromatic N) is 8. The van der Waals surface area contributed by atoms with Crippen LogP contribution >= 0.6 is 11.3 Å². The summed E-state index contributed by atoms with van der Waals surface area (Å²) in [5.41, 5.74) is 0.379. The van der Waals surface area contributed by atoms with Crippen LogP contribution in [0, 0.1) is 0 Å². The molecule has 15 heteroatoms. The second-order valence-corrected chi connectivity index (χ2v) is 9.61. The number of alkyl halides is 3. The SMILES string of the molecule is O=C(c1cnnc(N(Cc2ccc(-c3noc(C(F)(F)F)n3)s2)c2cnccn2)c1)N1C[C@H]2CC1CO2. The van der Waals surface area contributed by atoms with Crippen molar-refractivity contribution >= 4 is 28.9 Å². The van der Waals surface area contributed by atoms with Crippen molar-refractivity contribution in [3.05, 3.63) is 59.3 Å². The Bertz CT molecular complexity index is 1430. The van der Waals surface area contributed by atoms with Gasteiger partial charge in [0.15, 0.2) is 11.6 Å². The number of aromatic nitrogens is 6. The van der Waals surface area contributed by atoms with E-state index in [0.717, 1.165) is 11.3 Å². The molecular formula is C22H17F3N8O3S. The highest BCUT2D eigenvalue weighted by molar-refractivity contribution is 7.15. The molecule has 4 aromatic heterocycles. The molecular weight excluding hydrogens is 513 g/mol. The van der Waals surface area contributed by atoms with Gasteiger partial charge in [-0.1, -0.05) is 5.16 Å². The molecule has 0 saturated carbocycles. The normalized spacial score (nSPS) is 18.9. The number of fused-ring (bicyclic) bond motifs is 2. The van der Waals surface area contributed by atoms with Crippen molar-refractivity contribution in [2.24, 2.45) is 0 Å². The lowest BCUT2D eigenvalue weighted by atomic mass is 10.2. The van der Waals surface area contributed by atoms with Crippen LogP contribution in [0.3, 0.4) is 0 Å². The second kappa shape index (κ2) is 9.15. The van der Waals surface area contributed by atoms with Crippen molar-refractivity contribution in [1.29, 1.82) is 0 Å². The Kier molecular flexibility index (Phi) is 5.79. The van der Waals surface area contributed by atoms with Crippen molar-refractivity contribution < 1.29 is 27.2 Å². The van der Waals surface area contributed by atoms with Crippen LogP contribution in [0.2, 0.25) is 0 Å². The summed E-state index contributed by atoms with van der Waals surface area (Å²) in [6, 6.07) is 5.03. The minimum absolute atomic E-state index is 0.0535. The first-order chi connectivity index (χ1) is 17.8. The Morgan fingerprint density at radius 2 is 2.11 bits per heavy atom. The first-order valence-corrected chi connectivity index (χ1v) is 12.0. The van der Waals surface area contributed by atoms with Gasteiger partial charge >= 0.3 is 12.1 Å². The Hall–Kier alpha value is -3.98. The van der Waals surface area contributed by atoms with E-state index in [1.54, 1.807) is 28.0 Å². The Morgan fingerprint density at radius 3 is 2.81 bits per heavy atom. The van der Waals surface area contributed by atoms with E-state index < -0.39 is 12.1 Å². The molecule has 190 valence electrons. The average molecular weight is 530 g/mol. The number of rotatable bonds is 6. The molecule has 2 bridgehead atoms. The molecule has 0 spiro atoms. The maximum Gasteiger partial charge on any atom is 0.471 e. The Labute approximate surface area is 210 Å². The lowest BCUT2D eigenvalue weighted by molar-refractivity contribution is -0.159. The van der Waals surface area contributed by atoms with Crippen LogP contribution in [0.4, 0.5) is 24.8 Å². The minimum Gasteiger partial charge on any atom is -0.374 e. The summed E-state index contributed by atoms with van der Waals surface area (Å²) >= 11 is 1.19. The standard InChI is InChI=1S/C22H17F3N8O3S/c23-22(24,25)21-29-19(31-36-21)16-2-1-15(37-16)10-33(18-8-26-3-4-27-18)17-5-12(7-28-30-17)20(34)32-9-14-6-13(32)11-35-14/h1-5,7-8,13-14H,6,9-11H2/t13?,14-/m1/s1. The zero-order valence-corrected chi connectivity index (χ0v) is 19.7. The molecule has 2 aliphatic heterocycles. The van der Waals surface area contributed by atoms with Gasteiger partial charge in [-0.05, 0) is 24.6 Å². The number of ether oxygens (including phenoxy) is 1. The third kappa shape index (κ3) is 4.62. The summed E-state index contributed by atoms with van der Waals surface area (Å²) in [5.74, 6) is -0.911. The predicted octanol–water partition coefficient (Wildman–Crippen LogP) is 3.35. The third-order valence-corrected chi connectivity index (χ3v) is 7.08. The van der Waals surface area contributed by atoms with Crippen LogP contribution in [0.5, 0.6) is 0 Å². The highest BCUT2D eigenvalue weighted by Crippen LogP contribution is 2.34. The molecule has 6 heterocycles. The average Bonchev–Trinajstić information content (AvgIpc) is 3.71. The Balaban J connectivity index is 1.28. The highest BCUT2D eigenvalue weighted by atomic mass is 32.1. The van der Waals surface area contributed by atoms with Gasteiger partial charge in [-0.2, -0.15) is 23.3 Å². The van der Waals surface area contributed by atoms with Gasteiger partial charge in [0.05, 0.1) is 48.1 Å². The summed E-state index contributed by atoms with van der Waals surface area (Å²) in [5, 5.41) is 11.7. The zero-order valence-electron chi connectivity index (χ0n) is 18.9. The molecule has 0 aliphatic carbocycles. The maximum absolute atomic E-state index is 13.2. The molecule has 1 unspecified atom stereocenters. The van der Waals surface area contributed by atoms with E-state index >= 15 is 0 Å². The number of likely N-dealkylation sites (tertiary alicyclic amines) is 1. The second-order valence-electron chi connectivity index (χ2n) is 8.44. The number of thiophene rings is 1. The van der Waals surface area contributed by atoms with E-state index in [9.17, 15) is 18.0 Å². The quantitative estimate of drug-likeness (QED) is 0.367. The van der Waals surface area contributed by atoms with Gasteiger partial charge < -0.3 is 19.1 Å². The van der Waals surface area contributed by atoms with Crippen LogP contribution in [0.1, 0.15) is 27.5 Å². The van der Waals surface area contributed by atoms with Crippen LogP contribution < -0.4 is 4.90 Å². The molecule has 0 N–H and O–H groups in total. The molecule has 0 radical (unpaired) electrons. The summed E-state index contributed by atoms with van der Waals surface area (Å²) < 4.78 is 48.5. The summed E-state index contributed by atoms with van der Waals surface area (Å²) in [6.45, 7) is 1.29. The highest BCUT2D eigenvalue weighted by Gasteiger charge is 2.42. The number of amides is 1. The fourth-order valence-corrected chi connectivity index (χ4v) is 5.23. The van der Waals surface area contributed by atoms with E-state index in [1.165, 1.54) is 36.1 Å². The number of anilines is 2. The van der Waals surface area contributed by atoms with Crippen molar-refractivity contribution in [2.45, 2.75) is 31.3 Å². The van der Waals surface area contributed by atoms with Crippen LogP contribution in [0.15, 0.2) is 47.5 Å². The summed E-state index contributed by atoms with van der Waals surface area (Å²) in [6.07, 6.45) is 2.17. The number of halogens is 3. The van der Waals surface area contributed by atoms with Gasteiger partial charge in [0, 0.05) is 23.8 Å². The Morgan fingerprint density at radius 1 is 1.22 bits per heavy atom. The number of carbonyl (C=O) groups excluding carboxylic acids is 1. The van der Waals surface area contributed by atoms with E-state index in [-0.39, 0.29) is 30.4 Å². The van der Waals surface area contributed by atoms with Gasteiger partial charge in [0.2, 0.25) is 5.82 Å². The van der Waals surface area contributed by atoms with E-state index in [4.69, 9.17) is 4.74 Å². The first-order valence-electron chi connectivity index (χ1n) is 11.1. The summed E-state index contributed by atoms with van der Waals surface area (Å²) in [7, 11) is 0. The lowest BCUT2D eigenvalue weighted by Crippen LogP contribution is -2.41. The van der Waals surface area contributed by atoms with E-state index in [1.807, 2.05) is 0 Å². The number of hydrogen-bond donors (Lipinski definition) is 0. The minimum atomic E-state index is -4.73. The molecule has 2 atom stereocenters. The molecule has 6 rings (SSSR count). The zero-order chi connectivity index (χ0) is 25.6. The molecule has 2 fully saturated rings. The van der Waals surface area contributed by atoms with Gasteiger partial charge in [0.1, 0.15) is 0 Å². The van der Waals surface area contributed by atoms with Gasteiger partial charge in [0.25, 0.3) is 5.91 Å². The maximum atomic E-state index is 13.2. The monoisotopic (exact) mass is 530 g/mol. The van der Waals surface area contributed by atoms with E-state index in [2.05, 4.69) is 34.8 Å². The van der Waals surface area contributed by atoms with Gasteiger partial charge in [-0.3, -0.25) is 9.78 Å². The van der Waals surface area contributed by atoms with Gasteiger partial charge in [-0.15, -0.1) is 16.4 Å². The van der Waals surface area contributed by atoms with Crippen LogP contribution in [-0.4, -0.2) is 66.4 Å². The lowest BCUT2D eigenvalue weighted by Gasteiger charge is -2.27. The molecule has 37 heavy (non-hydrogen) atoms. The van der Waals surface area contributed by atoms with Crippen molar-refractivity contribution in [1.82, 2.24) is 35.2 Å². The first kappa shape index (κ1) is 23.4. The fraction of sp³-hybridized carbons (Fsp3) is 0.318. The largest absolute Gasteiger partial charge is 0.471 e. The number of hydrogen-bond acceptors (Lipinski definition) is 11. The van der Waals surface area contributed by atoms with Gasteiger partial charge in [-0.25, -0.2) is 4.98 Å². The predicted molar refractivity (Wildman–Crippen MR) is 122 cm³/mol. The molecule has 1 amide bonds. The number of morpholine rings is 1. The van der Waals surface area contributed by atoms with Crippen molar-refractivity contribution in [3.8, 4) is 10.7 Å². The summed E-state index contributed by atoms with van der Waals surface area (Å²) in [4.78, 5) is 29.8. The van der Waals surface area contributed by atoms with Crippen LogP contribution in [0.25, 0.3) is 10.7 Å². The fourth-order valence-electron chi connectivity index (χ4n) is 4.31.